The molecule has 2 N–H and O–H groups in total. The number of aromatic nitrogens is 3. The van der Waals surface area contributed by atoms with Gasteiger partial charge in [-0.05, 0) is 18.9 Å². The molecule has 5 nitrogen and oxygen atoms in total. The van der Waals surface area contributed by atoms with Crippen LogP contribution in [0, 0.1) is 0 Å². The van der Waals surface area contributed by atoms with E-state index in [2.05, 4.69) is 15.0 Å². The van der Waals surface area contributed by atoms with E-state index in [1.165, 1.54) is 32.1 Å². The highest BCUT2D eigenvalue weighted by molar-refractivity contribution is 5.68. The van der Waals surface area contributed by atoms with Crippen LogP contribution in [0.2, 0.25) is 0 Å². The van der Waals surface area contributed by atoms with Crippen LogP contribution in [-0.4, -0.2) is 33.7 Å². The van der Waals surface area contributed by atoms with Crippen molar-refractivity contribution in [2.45, 2.75) is 38.1 Å². The topological polar surface area (TPSA) is 59.5 Å². The first-order chi connectivity index (χ1) is 9.40. The summed E-state index contributed by atoms with van der Waals surface area (Å²) in [6, 6.07) is 2.60. The third-order valence-corrected chi connectivity index (χ3v) is 3.96. The van der Waals surface area contributed by atoms with Gasteiger partial charge in [-0.1, -0.05) is 19.3 Å². The molecule has 2 heterocycles. The molecule has 3 rings (SSSR count). The van der Waals surface area contributed by atoms with Gasteiger partial charge in [0.15, 0.2) is 5.82 Å². The lowest BCUT2D eigenvalue weighted by Crippen LogP contribution is -2.40. The highest BCUT2D eigenvalue weighted by atomic mass is 15.3. The second kappa shape index (κ2) is 5.57. The van der Waals surface area contributed by atoms with Gasteiger partial charge in [0.2, 0.25) is 0 Å². The molecule has 5 heteroatoms. The predicted octanol–water partition coefficient (Wildman–Crippen LogP) is 1.83. The third-order valence-electron chi connectivity index (χ3n) is 3.96. The summed E-state index contributed by atoms with van der Waals surface area (Å²) in [5.74, 6) is 1.03. The summed E-state index contributed by atoms with van der Waals surface area (Å²) in [5.41, 5.74) is 6.87. The van der Waals surface area contributed by atoms with Crippen molar-refractivity contribution in [1.29, 1.82) is 0 Å². The number of hydrogen-bond acceptors (Lipinski definition) is 4. The van der Waals surface area contributed by atoms with E-state index in [-0.39, 0.29) is 0 Å². The molecule has 0 aliphatic heterocycles. The quantitative estimate of drug-likeness (QED) is 0.910. The maximum Gasteiger partial charge on any atom is 0.154 e. The van der Waals surface area contributed by atoms with Crippen LogP contribution in [0.15, 0.2) is 24.7 Å². The zero-order valence-corrected chi connectivity index (χ0v) is 11.2. The zero-order valence-electron chi connectivity index (χ0n) is 11.2. The van der Waals surface area contributed by atoms with Gasteiger partial charge in [0.25, 0.3) is 0 Å². The average molecular weight is 259 g/mol. The van der Waals surface area contributed by atoms with Gasteiger partial charge in [-0.3, -0.25) is 0 Å². The van der Waals surface area contributed by atoms with E-state index in [1.54, 1.807) is 0 Å². The molecule has 19 heavy (non-hydrogen) atoms. The van der Waals surface area contributed by atoms with Gasteiger partial charge in [0.05, 0.1) is 6.20 Å². The highest BCUT2D eigenvalue weighted by Gasteiger charge is 2.23. The van der Waals surface area contributed by atoms with Crippen LogP contribution >= 0.6 is 0 Å². The number of nitrogens with two attached hydrogens (primary N) is 1. The standard InChI is InChI=1S/C14H21N5/c15-7-10-18(12-4-2-1-3-5-12)14-13-6-8-17-19(13)11-9-16-14/h6,8-9,11-12H,1-5,7,10,15H2. The first kappa shape index (κ1) is 12.4. The van der Waals surface area contributed by atoms with E-state index in [0.717, 1.165) is 17.9 Å². The highest BCUT2D eigenvalue weighted by Crippen LogP contribution is 2.28. The summed E-state index contributed by atoms with van der Waals surface area (Å²) < 4.78 is 1.88. The van der Waals surface area contributed by atoms with Crippen molar-refractivity contribution in [3.63, 3.8) is 0 Å². The third kappa shape index (κ3) is 2.42. The molecule has 0 atom stereocenters. The van der Waals surface area contributed by atoms with Gasteiger partial charge in [0.1, 0.15) is 5.52 Å². The van der Waals surface area contributed by atoms with Crippen molar-refractivity contribution in [3.05, 3.63) is 24.7 Å². The van der Waals surface area contributed by atoms with Gasteiger partial charge < -0.3 is 10.6 Å². The van der Waals surface area contributed by atoms with Crippen LogP contribution in [0.5, 0.6) is 0 Å². The van der Waals surface area contributed by atoms with E-state index in [1.807, 2.05) is 29.2 Å². The first-order valence-electron chi connectivity index (χ1n) is 7.15. The summed E-state index contributed by atoms with van der Waals surface area (Å²) in [6.45, 7) is 1.52. The SMILES string of the molecule is NCCN(c1nccn2nccc12)C1CCCCC1. The van der Waals surface area contributed by atoms with Crippen molar-refractivity contribution in [2.24, 2.45) is 5.73 Å². The Bertz CT molecular complexity index is 529. The maximum atomic E-state index is 5.80. The first-order valence-corrected chi connectivity index (χ1v) is 7.15. The summed E-state index contributed by atoms with van der Waals surface area (Å²) in [4.78, 5) is 6.97. The fourth-order valence-electron chi connectivity index (χ4n) is 3.06. The molecule has 2 aromatic heterocycles. The molecule has 102 valence electrons. The number of hydrogen-bond donors (Lipinski definition) is 1. The molecule has 2 aromatic rings. The molecule has 1 aliphatic carbocycles. The van der Waals surface area contributed by atoms with E-state index in [0.29, 0.717) is 12.6 Å². The van der Waals surface area contributed by atoms with Crippen LogP contribution in [0.4, 0.5) is 5.82 Å². The molecule has 0 spiro atoms. The lowest BCUT2D eigenvalue weighted by atomic mass is 9.94. The molecule has 0 amide bonds. The summed E-state index contributed by atoms with van der Waals surface area (Å²) in [6.07, 6.45) is 12.0. The van der Waals surface area contributed by atoms with Crippen LogP contribution in [0.25, 0.3) is 5.52 Å². The minimum absolute atomic E-state index is 0.575. The lowest BCUT2D eigenvalue weighted by molar-refractivity contribution is 0.414. The molecule has 1 fully saturated rings. The van der Waals surface area contributed by atoms with Gasteiger partial charge in [-0.15, -0.1) is 0 Å². The summed E-state index contributed by atoms with van der Waals surface area (Å²) >= 11 is 0. The Balaban J connectivity index is 1.96. The Morgan fingerprint density at radius 1 is 1.26 bits per heavy atom. The molecular weight excluding hydrogens is 238 g/mol. The van der Waals surface area contributed by atoms with Crippen molar-refractivity contribution < 1.29 is 0 Å². The van der Waals surface area contributed by atoms with Gasteiger partial charge in [0, 0.05) is 31.5 Å². The monoisotopic (exact) mass is 259 g/mol. The number of anilines is 1. The number of rotatable bonds is 4. The van der Waals surface area contributed by atoms with Crippen LogP contribution < -0.4 is 10.6 Å². The maximum absolute atomic E-state index is 5.80. The van der Waals surface area contributed by atoms with E-state index >= 15 is 0 Å². The molecule has 0 aromatic carbocycles. The molecule has 0 saturated heterocycles. The van der Waals surface area contributed by atoms with E-state index in [9.17, 15) is 0 Å². The minimum atomic E-state index is 0.575. The Hall–Kier alpha value is -1.62. The second-order valence-corrected chi connectivity index (χ2v) is 5.19. The normalized spacial score (nSPS) is 16.9. The fraction of sp³-hybridized carbons (Fsp3) is 0.571. The molecule has 1 aliphatic rings. The van der Waals surface area contributed by atoms with Gasteiger partial charge in [-0.2, -0.15) is 5.10 Å². The van der Waals surface area contributed by atoms with Crippen LogP contribution in [0.1, 0.15) is 32.1 Å². The van der Waals surface area contributed by atoms with Crippen molar-refractivity contribution in [2.75, 3.05) is 18.0 Å². The van der Waals surface area contributed by atoms with Crippen LogP contribution in [0.3, 0.4) is 0 Å². The molecule has 0 radical (unpaired) electrons. The second-order valence-electron chi connectivity index (χ2n) is 5.19. The smallest absolute Gasteiger partial charge is 0.154 e. The van der Waals surface area contributed by atoms with Gasteiger partial charge >= 0.3 is 0 Å². The molecule has 0 bridgehead atoms. The van der Waals surface area contributed by atoms with Crippen molar-refractivity contribution >= 4 is 11.3 Å². The van der Waals surface area contributed by atoms with Gasteiger partial charge in [-0.25, -0.2) is 9.50 Å². The minimum Gasteiger partial charge on any atom is -0.351 e. The predicted molar refractivity (Wildman–Crippen MR) is 76.3 cm³/mol. The van der Waals surface area contributed by atoms with Crippen molar-refractivity contribution in [3.8, 4) is 0 Å². The summed E-state index contributed by atoms with van der Waals surface area (Å²) in [5, 5.41) is 4.29. The molecule has 0 unspecified atom stereocenters. The summed E-state index contributed by atoms with van der Waals surface area (Å²) in [7, 11) is 0. The lowest BCUT2D eigenvalue weighted by Gasteiger charge is -2.35. The fourth-order valence-corrected chi connectivity index (χ4v) is 3.06. The molecule has 1 saturated carbocycles. The Kier molecular flexibility index (Phi) is 3.64. The largest absolute Gasteiger partial charge is 0.351 e. The van der Waals surface area contributed by atoms with E-state index in [4.69, 9.17) is 5.73 Å². The number of fused-ring (bicyclic) bond motifs is 1. The number of nitrogens with zero attached hydrogens (tertiary/aromatic N) is 4. The zero-order chi connectivity index (χ0) is 13.1. The Labute approximate surface area is 113 Å². The average Bonchev–Trinajstić information content (AvgIpc) is 2.94. The van der Waals surface area contributed by atoms with Crippen molar-refractivity contribution in [1.82, 2.24) is 14.6 Å². The molecular formula is C14H21N5. The van der Waals surface area contributed by atoms with E-state index < -0.39 is 0 Å². The Morgan fingerprint density at radius 3 is 2.89 bits per heavy atom. The Morgan fingerprint density at radius 2 is 2.11 bits per heavy atom. The van der Waals surface area contributed by atoms with Crippen LogP contribution in [-0.2, 0) is 0 Å².